The van der Waals surface area contributed by atoms with Gasteiger partial charge in [0, 0.05) is 23.1 Å². The lowest BCUT2D eigenvalue weighted by molar-refractivity contribution is 0.103. The van der Waals surface area contributed by atoms with Crippen molar-refractivity contribution in [3.05, 3.63) is 90.1 Å². The number of hydrogen-bond acceptors (Lipinski definition) is 5. The van der Waals surface area contributed by atoms with Gasteiger partial charge in [-0.3, -0.25) is 4.79 Å². The van der Waals surface area contributed by atoms with Gasteiger partial charge in [0.15, 0.2) is 0 Å². The molecule has 32 heavy (non-hydrogen) atoms. The Morgan fingerprint density at radius 2 is 1.69 bits per heavy atom. The minimum absolute atomic E-state index is 0.120. The SMILES string of the molecule is CN(C)CCCOc1ccc(-c2cc3ccccc3nc2C(=O)c2ccc(O)cc2)cc1. The van der Waals surface area contributed by atoms with E-state index in [9.17, 15) is 9.90 Å². The maximum Gasteiger partial charge on any atom is 0.212 e. The summed E-state index contributed by atoms with van der Waals surface area (Å²) < 4.78 is 5.84. The van der Waals surface area contributed by atoms with Crippen LogP contribution in [0.3, 0.4) is 0 Å². The van der Waals surface area contributed by atoms with Crippen LogP contribution in [-0.2, 0) is 0 Å². The van der Waals surface area contributed by atoms with Crippen molar-refractivity contribution in [2.45, 2.75) is 6.42 Å². The Morgan fingerprint density at radius 3 is 2.41 bits per heavy atom. The predicted octanol–water partition coefficient (Wildman–Crippen LogP) is 5.17. The summed E-state index contributed by atoms with van der Waals surface area (Å²) in [5.74, 6) is 0.733. The van der Waals surface area contributed by atoms with Gasteiger partial charge in [0.25, 0.3) is 0 Å². The van der Waals surface area contributed by atoms with Crippen molar-refractivity contribution >= 4 is 16.7 Å². The van der Waals surface area contributed by atoms with Crippen LogP contribution in [0.5, 0.6) is 11.5 Å². The van der Waals surface area contributed by atoms with Gasteiger partial charge in [-0.1, -0.05) is 30.3 Å². The molecule has 1 heterocycles. The van der Waals surface area contributed by atoms with Gasteiger partial charge in [-0.05, 0) is 74.6 Å². The van der Waals surface area contributed by atoms with Crippen molar-refractivity contribution in [2.24, 2.45) is 0 Å². The number of ether oxygens (including phenoxy) is 1. The Kier molecular flexibility index (Phi) is 6.47. The summed E-state index contributed by atoms with van der Waals surface area (Å²) >= 11 is 0. The van der Waals surface area contributed by atoms with Crippen LogP contribution >= 0.6 is 0 Å². The van der Waals surface area contributed by atoms with E-state index in [1.807, 2.05) is 68.7 Å². The fraction of sp³-hybridized carbons (Fsp3) is 0.185. The zero-order chi connectivity index (χ0) is 22.5. The number of pyridine rings is 1. The third kappa shape index (κ3) is 4.95. The number of carbonyl (C=O) groups is 1. The summed E-state index contributed by atoms with van der Waals surface area (Å²) in [7, 11) is 4.09. The van der Waals surface area contributed by atoms with Crippen LogP contribution in [0.1, 0.15) is 22.5 Å². The number of aromatic nitrogens is 1. The summed E-state index contributed by atoms with van der Waals surface area (Å²) in [5.41, 5.74) is 3.29. The highest BCUT2D eigenvalue weighted by molar-refractivity contribution is 6.12. The first-order valence-corrected chi connectivity index (χ1v) is 10.6. The molecule has 0 radical (unpaired) electrons. The van der Waals surface area contributed by atoms with Gasteiger partial charge in [-0.25, -0.2) is 4.98 Å². The van der Waals surface area contributed by atoms with Crippen LogP contribution in [0.2, 0.25) is 0 Å². The molecule has 0 atom stereocenters. The number of rotatable bonds is 8. The van der Waals surface area contributed by atoms with E-state index in [1.165, 1.54) is 12.1 Å². The maximum atomic E-state index is 13.3. The first-order chi connectivity index (χ1) is 15.5. The Bertz CT molecular complexity index is 1220. The van der Waals surface area contributed by atoms with Crippen LogP contribution < -0.4 is 4.74 Å². The lowest BCUT2D eigenvalue weighted by Crippen LogP contribution is -2.15. The molecule has 3 aromatic carbocycles. The highest BCUT2D eigenvalue weighted by Crippen LogP contribution is 2.30. The van der Waals surface area contributed by atoms with E-state index >= 15 is 0 Å². The van der Waals surface area contributed by atoms with Crippen molar-refractivity contribution < 1.29 is 14.6 Å². The Hall–Kier alpha value is -3.70. The number of aromatic hydroxyl groups is 1. The number of hydrogen-bond donors (Lipinski definition) is 1. The summed E-state index contributed by atoms with van der Waals surface area (Å²) in [6, 6.07) is 23.8. The molecular formula is C27H26N2O3. The van der Waals surface area contributed by atoms with Crippen LogP contribution in [0.25, 0.3) is 22.0 Å². The molecule has 0 aliphatic rings. The van der Waals surface area contributed by atoms with Gasteiger partial charge in [0.05, 0.1) is 12.1 Å². The first-order valence-electron chi connectivity index (χ1n) is 10.6. The molecule has 0 saturated heterocycles. The van der Waals surface area contributed by atoms with Crippen molar-refractivity contribution in [1.29, 1.82) is 0 Å². The molecule has 0 spiro atoms. The molecule has 0 aliphatic heterocycles. The number of benzene rings is 3. The summed E-state index contributed by atoms with van der Waals surface area (Å²) in [6.45, 7) is 1.63. The molecule has 1 aromatic heterocycles. The summed E-state index contributed by atoms with van der Waals surface area (Å²) in [4.78, 5) is 20.2. The molecule has 4 aromatic rings. The van der Waals surface area contributed by atoms with Crippen LogP contribution in [0, 0.1) is 0 Å². The molecule has 162 valence electrons. The van der Waals surface area contributed by atoms with Gasteiger partial charge < -0.3 is 14.7 Å². The van der Waals surface area contributed by atoms with E-state index in [0.29, 0.717) is 17.9 Å². The van der Waals surface area contributed by atoms with E-state index in [4.69, 9.17) is 9.72 Å². The monoisotopic (exact) mass is 426 g/mol. The maximum absolute atomic E-state index is 13.3. The van der Waals surface area contributed by atoms with Gasteiger partial charge in [-0.15, -0.1) is 0 Å². The van der Waals surface area contributed by atoms with E-state index in [2.05, 4.69) is 4.90 Å². The molecule has 0 fully saturated rings. The first kappa shape index (κ1) is 21.5. The minimum Gasteiger partial charge on any atom is -0.508 e. The standard InChI is InChI=1S/C27H26N2O3/c1-29(2)16-5-17-32-23-14-10-19(11-15-23)24-18-21-6-3-4-7-25(21)28-26(24)27(31)20-8-12-22(30)13-9-20/h3-4,6-15,18,30H,5,16-17H2,1-2H3. The molecular weight excluding hydrogens is 400 g/mol. The fourth-order valence-electron chi connectivity index (χ4n) is 3.56. The van der Waals surface area contributed by atoms with Gasteiger partial charge >= 0.3 is 0 Å². The van der Waals surface area contributed by atoms with Crippen molar-refractivity contribution in [2.75, 3.05) is 27.2 Å². The Balaban J connectivity index is 1.67. The van der Waals surface area contributed by atoms with E-state index < -0.39 is 0 Å². The number of phenolic OH excluding ortho intramolecular Hbond substituents is 1. The lowest BCUT2D eigenvalue weighted by atomic mass is 9.96. The van der Waals surface area contributed by atoms with E-state index in [-0.39, 0.29) is 11.5 Å². The normalized spacial score (nSPS) is 11.1. The number of fused-ring (bicyclic) bond motifs is 1. The number of phenols is 1. The van der Waals surface area contributed by atoms with E-state index in [0.717, 1.165) is 40.7 Å². The summed E-state index contributed by atoms with van der Waals surface area (Å²) in [6.07, 6.45) is 0.953. The molecule has 0 amide bonds. The molecule has 0 unspecified atom stereocenters. The minimum atomic E-state index is -0.185. The molecule has 5 nitrogen and oxygen atoms in total. The Morgan fingerprint density at radius 1 is 0.969 bits per heavy atom. The second-order valence-electron chi connectivity index (χ2n) is 7.98. The molecule has 4 rings (SSSR count). The van der Waals surface area contributed by atoms with E-state index in [1.54, 1.807) is 12.1 Å². The number of nitrogens with zero attached hydrogens (tertiary/aromatic N) is 2. The van der Waals surface area contributed by atoms with Crippen LogP contribution in [-0.4, -0.2) is 48.0 Å². The van der Waals surface area contributed by atoms with Crippen molar-refractivity contribution in [1.82, 2.24) is 9.88 Å². The van der Waals surface area contributed by atoms with Crippen molar-refractivity contribution in [3.8, 4) is 22.6 Å². The number of para-hydroxylation sites is 1. The van der Waals surface area contributed by atoms with Gasteiger partial charge in [0.2, 0.25) is 5.78 Å². The zero-order valence-electron chi connectivity index (χ0n) is 18.3. The fourth-order valence-corrected chi connectivity index (χ4v) is 3.56. The zero-order valence-corrected chi connectivity index (χ0v) is 18.3. The average molecular weight is 427 g/mol. The average Bonchev–Trinajstić information content (AvgIpc) is 2.81. The highest BCUT2D eigenvalue weighted by atomic mass is 16.5. The van der Waals surface area contributed by atoms with Gasteiger partial charge in [0.1, 0.15) is 17.2 Å². The Labute approximate surface area is 187 Å². The second-order valence-corrected chi connectivity index (χ2v) is 7.98. The largest absolute Gasteiger partial charge is 0.508 e. The second kappa shape index (κ2) is 9.62. The molecule has 0 saturated carbocycles. The topological polar surface area (TPSA) is 62.7 Å². The third-order valence-corrected chi connectivity index (χ3v) is 5.25. The number of ketones is 1. The van der Waals surface area contributed by atoms with Crippen molar-refractivity contribution in [3.63, 3.8) is 0 Å². The predicted molar refractivity (Wildman–Crippen MR) is 127 cm³/mol. The third-order valence-electron chi connectivity index (χ3n) is 5.25. The molecule has 1 N–H and O–H groups in total. The molecule has 5 heteroatoms. The number of carbonyl (C=O) groups excluding carboxylic acids is 1. The van der Waals surface area contributed by atoms with Gasteiger partial charge in [-0.2, -0.15) is 0 Å². The molecule has 0 bridgehead atoms. The smallest absolute Gasteiger partial charge is 0.212 e. The highest BCUT2D eigenvalue weighted by Gasteiger charge is 2.18. The lowest BCUT2D eigenvalue weighted by Gasteiger charge is -2.13. The van der Waals surface area contributed by atoms with Crippen LogP contribution in [0.4, 0.5) is 0 Å². The van der Waals surface area contributed by atoms with Crippen LogP contribution in [0.15, 0.2) is 78.9 Å². The summed E-state index contributed by atoms with van der Waals surface area (Å²) in [5, 5.41) is 10.5. The quantitative estimate of drug-likeness (QED) is 0.311. The molecule has 0 aliphatic carbocycles.